The van der Waals surface area contributed by atoms with Gasteiger partial charge in [-0.3, -0.25) is 4.90 Å². The third-order valence-corrected chi connectivity index (χ3v) is 7.20. The smallest absolute Gasteiger partial charge is 0.338 e. The van der Waals surface area contributed by atoms with Crippen LogP contribution in [-0.2, 0) is 27.4 Å². The number of benzene rings is 3. The lowest BCUT2D eigenvalue weighted by molar-refractivity contribution is -0.0850. The van der Waals surface area contributed by atoms with E-state index in [2.05, 4.69) is 36.1 Å². The van der Waals surface area contributed by atoms with Crippen molar-refractivity contribution in [3.63, 3.8) is 0 Å². The minimum absolute atomic E-state index is 0.0605. The number of carbonyl (C=O) groups excluding carboxylic acids is 1. The topological polar surface area (TPSA) is 48.0 Å². The minimum Gasteiger partial charge on any atom is -0.460 e. The van der Waals surface area contributed by atoms with Crippen molar-refractivity contribution in [3.05, 3.63) is 108 Å². The molecule has 0 spiro atoms. The van der Waals surface area contributed by atoms with Gasteiger partial charge in [-0.05, 0) is 43.0 Å². The van der Waals surface area contributed by atoms with E-state index >= 15 is 0 Å². The van der Waals surface area contributed by atoms with Gasteiger partial charge in [0.1, 0.15) is 18.8 Å². The van der Waals surface area contributed by atoms with Crippen LogP contribution in [0.3, 0.4) is 0 Å². The molecule has 0 amide bonds. The van der Waals surface area contributed by atoms with E-state index < -0.39 is 0 Å². The molecule has 2 saturated heterocycles. The summed E-state index contributed by atoms with van der Waals surface area (Å²) in [5.41, 5.74) is 2.83. The highest BCUT2D eigenvalue weighted by Gasteiger charge is 2.54. The van der Waals surface area contributed by atoms with Crippen molar-refractivity contribution >= 4 is 5.97 Å². The summed E-state index contributed by atoms with van der Waals surface area (Å²) in [5, 5.41) is 0. The Balaban J connectivity index is 1.35. The Bertz CT molecular complexity index is 1080. The van der Waals surface area contributed by atoms with Gasteiger partial charge in [0.05, 0.1) is 24.8 Å². The number of ether oxygens (including phenoxy) is 3. The van der Waals surface area contributed by atoms with Gasteiger partial charge in [0.15, 0.2) is 0 Å². The van der Waals surface area contributed by atoms with Crippen LogP contribution in [-0.4, -0.2) is 47.8 Å². The fourth-order valence-electron chi connectivity index (χ4n) is 5.50. The zero-order valence-electron chi connectivity index (χ0n) is 20.2. The molecule has 2 aliphatic heterocycles. The molecule has 182 valence electrons. The van der Waals surface area contributed by atoms with E-state index in [-0.39, 0.29) is 36.9 Å². The average molecular weight is 472 g/mol. The van der Waals surface area contributed by atoms with Gasteiger partial charge in [-0.25, -0.2) is 4.79 Å². The number of hydrogen-bond donors (Lipinski definition) is 0. The second-order valence-corrected chi connectivity index (χ2v) is 9.50. The van der Waals surface area contributed by atoms with Crippen LogP contribution < -0.4 is 0 Å². The van der Waals surface area contributed by atoms with Crippen LogP contribution in [0.2, 0.25) is 0 Å². The molecule has 5 rings (SSSR count). The molecular formula is C30H33NO4. The number of fused-ring (bicyclic) bond motifs is 1. The molecule has 0 unspecified atom stereocenters. The molecular weight excluding hydrogens is 438 g/mol. The summed E-state index contributed by atoms with van der Waals surface area (Å²) in [6.07, 6.45) is 1.86. The van der Waals surface area contributed by atoms with Crippen molar-refractivity contribution in [1.29, 1.82) is 0 Å². The second kappa shape index (κ2) is 11.2. The van der Waals surface area contributed by atoms with E-state index in [9.17, 15) is 4.79 Å². The lowest BCUT2D eigenvalue weighted by Gasteiger charge is -2.30. The van der Waals surface area contributed by atoms with Crippen LogP contribution in [0.1, 0.15) is 41.3 Å². The fraction of sp³-hybridized carbons (Fsp3) is 0.367. The quantitative estimate of drug-likeness (QED) is 0.399. The predicted octanol–water partition coefficient (Wildman–Crippen LogP) is 5.25. The lowest BCUT2D eigenvalue weighted by Crippen LogP contribution is -2.44. The van der Waals surface area contributed by atoms with Gasteiger partial charge in [-0.15, -0.1) is 0 Å². The molecule has 35 heavy (non-hydrogen) atoms. The van der Waals surface area contributed by atoms with Crippen molar-refractivity contribution in [2.75, 3.05) is 6.61 Å². The highest BCUT2D eigenvalue weighted by atomic mass is 16.6. The predicted molar refractivity (Wildman–Crippen MR) is 135 cm³/mol. The molecule has 2 aliphatic rings. The van der Waals surface area contributed by atoms with Crippen molar-refractivity contribution in [1.82, 2.24) is 4.90 Å². The standard InChI is InChI=1S/C30H33NO4/c1-22-17-18-26-28(33-19-23-11-5-2-6-12-23)29(34-20-24-13-7-3-8-14-24)27(31(22)26)21-35-30(32)25-15-9-4-10-16-25/h2-16,22,26-29H,17-21H2,1H3/t22-,26-,27+,28-,29-/m1/s1. The number of nitrogens with zero attached hydrogens (tertiary/aromatic N) is 1. The summed E-state index contributed by atoms with van der Waals surface area (Å²) in [5.74, 6) is -0.301. The van der Waals surface area contributed by atoms with Gasteiger partial charge < -0.3 is 14.2 Å². The van der Waals surface area contributed by atoms with Gasteiger partial charge in [0.25, 0.3) is 0 Å². The van der Waals surface area contributed by atoms with E-state index in [4.69, 9.17) is 14.2 Å². The van der Waals surface area contributed by atoms with Crippen LogP contribution >= 0.6 is 0 Å². The van der Waals surface area contributed by atoms with Crippen molar-refractivity contribution in [3.8, 4) is 0 Å². The molecule has 0 aliphatic carbocycles. The lowest BCUT2D eigenvalue weighted by atomic mass is 10.0. The first-order valence-electron chi connectivity index (χ1n) is 12.5. The van der Waals surface area contributed by atoms with Gasteiger partial charge in [0, 0.05) is 12.1 Å². The molecule has 2 fully saturated rings. The maximum Gasteiger partial charge on any atom is 0.338 e. The van der Waals surface area contributed by atoms with E-state index in [0.29, 0.717) is 24.8 Å². The molecule has 0 radical (unpaired) electrons. The molecule has 0 aromatic heterocycles. The van der Waals surface area contributed by atoms with Gasteiger partial charge in [-0.2, -0.15) is 0 Å². The zero-order valence-corrected chi connectivity index (χ0v) is 20.2. The number of rotatable bonds is 9. The summed E-state index contributed by atoms with van der Waals surface area (Å²) >= 11 is 0. The van der Waals surface area contributed by atoms with E-state index in [1.54, 1.807) is 12.1 Å². The molecule has 0 N–H and O–H groups in total. The molecule has 5 atom stereocenters. The molecule has 0 bridgehead atoms. The highest BCUT2D eigenvalue weighted by Crippen LogP contribution is 2.40. The van der Waals surface area contributed by atoms with Crippen LogP contribution in [0.15, 0.2) is 91.0 Å². The Morgan fingerprint density at radius 2 is 1.31 bits per heavy atom. The highest BCUT2D eigenvalue weighted by molar-refractivity contribution is 5.89. The van der Waals surface area contributed by atoms with E-state index in [1.807, 2.05) is 54.6 Å². The Hall–Kier alpha value is -2.99. The first kappa shape index (κ1) is 23.7. The van der Waals surface area contributed by atoms with Crippen LogP contribution in [0.5, 0.6) is 0 Å². The first-order chi connectivity index (χ1) is 17.2. The Kier molecular flexibility index (Phi) is 7.57. The SMILES string of the molecule is C[C@@H]1CC[C@@H]2[C@@H](OCc3ccccc3)[C@H](OCc3ccccc3)[C@H](COC(=O)c3ccccc3)N12. The van der Waals surface area contributed by atoms with Crippen LogP contribution in [0, 0.1) is 0 Å². The molecule has 0 saturated carbocycles. The summed E-state index contributed by atoms with van der Waals surface area (Å²) in [6, 6.07) is 30.2. The van der Waals surface area contributed by atoms with Crippen LogP contribution in [0.25, 0.3) is 0 Å². The summed E-state index contributed by atoms with van der Waals surface area (Å²) < 4.78 is 19.0. The molecule has 3 aromatic rings. The van der Waals surface area contributed by atoms with Gasteiger partial charge in [0.2, 0.25) is 0 Å². The second-order valence-electron chi connectivity index (χ2n) is 9.50. The zero-order chi connectivity index (χ0) is 24.0. The Labute approximate surface area is 207 Å². The molecule has 2 heterocycles. The maximum absolute atomic E-state index is 12.7. The van der Waals surface area contributed by atoms with Gasteiger partial charge in [-0.1, -0.05) is 78.9 Å². The maximum atomic E-state index is 12.7. The molecule has 3 aromatic carbocycles. The molecule has 5 heteroatoms. The number of esters is 1. The third kappa shape index (κ3) is 5.48. The normalized spacial score (nSPS) is 25.9. The van der Waals surface area contributed by atoms with Crippen molar-refractivity contribution in [2.24, 2.45) is 0 Å². The van der Waals surface area contributed by atoms with Gasteiger partial charge >= 0.3 is 5.97 Å². The number of carbonyl (C=O) groups is 1. The Morgan fingerprint density at radius 1 is 0.771 bits per heavy atom. The number of hydrogen-bond acceptors (Lipinski definition) is 5. The average Bonchev–Trinajstić information content (AvgIpc) is 3.43. The summed E-state index contributed by atoms with van der Waals surface area (Å²) in [7, 11) is 0. The third-order valence-electron chi connectivity index (χ3n) is 7.20. The molecule has 5 nitrogen and oxygen atoms in total. The monoisotopic (exact) mass is 471 g/mol. The fourth-order valence-corrected chi connectivity index (χ4v) is 5.50. The van der Waals surface area contributed by atoms with E-state index in [1.165, 1.54) is 0 Å². The minimum atomic E-state index is -0.301. The first-order valence-corrected chi connectivity index (χ1v) is 12.5. The Morgan fingerprint density at radius 3 is 1.91 bits per heavy atom. The van der Waals surface area contributed by atoms with Crippen molar-refractivity contribution in [2.45, 2.75) is 63.3 Å². The van der Waals surface area contributed by atoms with Crippen LogP contribution in [0.4, 0.5) is 0 Å². The summed E-state index contributed by atoms with van der Waals surface area (Å²) in [6.45, 7) is 3.56. The van der Waals surface area contributed by atoms with E-state index in [0.717, 1.165) is 24.0 Å². The summed E-state index contributed by atoms with van der Waals surface area (Å²) in [4.78, 5) is 15.2. The van der Waals surface area contributed by atoms with Crippen molar-refractivity contribution < 1.29 is 19.0 Å². The largest absolute Gasteiger partial charge is 0.460 e.